The maximum atomic E-state index is 14.2. The lowest BCUT2D eigenvalue weighted by atomic mass is 9.94. The van der Waals surface area contributed by atoms with Crippen molar-refractivity contribution in [2.45, 2.75) is 126 Å². The van der Waals surface area contributed by atoms with Crippen molar-refractivity contribution in [2.75, 3.05) is 34.7 Å². The zero-order chi connectivity index (χ0) is 35.3. The second-order valence-electron chi connectivity index (χ2n) is 14.2. The zero-order valence-corrected chi connectivity index (χ0v) is 31.0. The van der Waals surface area contributed by atoms with Gasteiger partial charge < -0.3 is 30.7 Å². The Morgan fingerprint density at radius 3 is 1.29 bits per heavy atom. The summed E-state index contributed by atoms with van der Waals surface area (Å²) in [6.07, 6.45) is 2.92. The van der Waals surface area contributed by atoms with Crippen LogP contribution in [0.3, 0.4) is 0 Å². The maximum absolute atomic E-state index is 14.2. The molecule has 5 amide bonds. The fraction of sp³-hybridized carbons (Fsp3) is 0.853. The third-order valence-corrected chi connectivity index (χ3v) is 8.53. The minimum atomic E-state index is -0.882. The molecule has 0 heterocycles. The second-order valence-corrected chi connectivity index (χ2v) is 14.2. The molecule has 45 heavy (non-hydrogen) atoms. The van der Waals surface area contributed by atoms with Crippen LogP contribution >= 0.6 is 0 Å². The summed E-state index contributed by atoms with van der Waals surface area (Å²) in [6, 6.07) is -3.75. The summed E-state index contributed by atoms with van der Waals surface area (Å²) in [7, 11) is 6.49. The van der Waals surface area contributed by atoms with Gasteiger partial charge in [0.15, 0.2) is 0 Å². The van der Waals surface area contributed by atoms with Gasteiger partial charge in [-0.2, -0.15) is 0 Å². The molecule has 5 atom stereocenters. The van der Waals surface area contributed by atoms with Crippen molar-refractivity contribution in [1.29, 1.82) is 0 Å². The highest BCUT2D eigenvalue weighted by atomic mass is 16.2. The Morgan fingerprint density at radius 2 is 0.933 bits per heavy atom. The average molecular weight is 639 g/mol. The second kappa shape index (κ2) is 19.7. The van der Waals surface area contributed by atoms with Crippen molar-refractivity contribution in [1.82, 2.24) is 30.7 Å². The molecule has 0 fully saturated rings. The van der Waals surface area contributed by atoms with Crippen molar-refractivity contribution < 1.29 is 24.0 Å². The molecule has 0 aliphatic rings. The Morgan fingerprint density at radius 1 is 0.533 bits per heavy atom. The molecule has 0 rings (SSSR count). The van der Waals surface area contributed by atoms with E-state index in [2.05, 4.69) is 22.9 Å². The molecule has 0 bridgehead atoms. The van der Waals surface area contributed by atoms with Crippen LogP contribution in [0.1, 0.15) is 95.4 Å². The van der Waals surface area contributed by atoms with Crippen LogP contribution in [0.5, 0.6) is 0 Å². The van der Waals surface area contributed by atoms with E-state index in [1.165, 1.54) is 14.7 Å². The Kier molecular flexibility index (Phi) is 18.6. The molecule has 11 heteroatoms. The molecule has 0 radical (unpaired) electrons. The number of rotatable bonds is 19. The molecular formula is C34H66N6O5. The molecule has 0 aromatic rings. The van der Waals surface area contributed by atoms with Crippen LogP contribution in [0.25, 0.3) is 0 Å². The lowest BCUT2D eigenvalue weighted by Crippen LogP contribution is -2.62. The normalized spacial score (nSPS) is 15.1. The summed E-state index contributed by atoms with van der Waals surface area (Å²) in [5.41, 5.74) is 0. The largest absolute Gasteiger partial charge is 0.354 e. The Balaban J connectivity index is 6.25. The van der Waals surface area contributed by atoms with E-state index in [-0.39, 0.29) is 59.1 Å². The molecule has 0 aliphatic carbocycles. The van der Waals surface area contributed by atoms with Gasteiger partial charge in [0.2, 0.25) is 29.5 Å². The summed E-state index contributed by atoms with van der Waals surface area (Å²) in [4.78, 5) is 72.6. The lowest BCUT2D eigenvalue weighted by Gasteiger charge is -2.41. The number of likely N-dealkylation sites (N-methyl/N-ethyl adjacent to an activating group) is 4. The smallest absolute Gasteiger partial charge is 0.246 e. The van der Waals surface area contributed by atoms with Crippen LogP contribution in [0.4, 0.5) is 0 Å². The molecule has 262 valence electrons. The maximum Gasteiger partial charge on any atom is 0.246 e. The summed E-state index contributed by atoms with van der Waals surface area (Å²) < 4.78 is 0. The number of carbonyl (C=O) groups excluding carboxylic acids is 5. The van der Waals surface area contributed by atoms with Gasteiger partial charge in [0.05, 0.1) is 6.04 Å². The van der Waals surface area contributed by atoms with E-state index in [1.807, 2.05) is 69.2 Å². The Hall–Kier alpha value is -2.69. The van der Waals surface area contributed by atoms with Gasteiger partial charge in [-0.25, -0.2) is 0 Å². The van der Waals surface area contributed by atoms with Crippen LogP contribution in [-0.2, 0) is 24.0 Å². The molecule has 0 spiro atoms. The first-order chi connectivity index (χ1) is 20.8. The van der Waals surface area contributed by atoms with Gasteiger partial charge >= 0.3 is 0 Å². The van der Waals surface area contributed by atoms with Crippen LogP contribution in [-0.4, -0.2) is 109 Å². The molecule has 0 aromatic carbocycles. The molecule has 0 aliphatic heterocycles. The first kappa shape index (κ1) is 42.3. The first-order valence-corrected chi connectivity index (χ1v) is 16.8. The van der Waals surface area contributed by atoms with E-state index < -0.39 is 30.2 Å². The molecule has 0 unspecified atom stereocenters. The average Bonchev–Trinajstić information content (AvgIpc) is 2.92. The van der Waals surface area contributed by atoms with Gasteiger partial charge in [0, 0.05) is 27.7 Å². The SMILES string of the molecule is CCCCCNC(=O)[C@H](C(C)C)N(C)C(=O)[C@H](C(C)C)N(C)C(=O)[C@H](C(C)C)N(C)C(=O)[C@@H](NC(=O)[C@@H](NC)C(C)C)C(C)C. The minimum Gasteiger partial charge on any atom is -0.354 e. The van der Waals surface area contributed by atoms with E-state index in [9.17, 15) is 24.0 Å². The number of nitrogens with zero attached hydrogens (tertiary/aromatic N) is 3. The van der Waals surface area contributed by atoms with Crippen molar-refractivity contribution in [3.05, 3.63) is 0 Å². The summed E-state index contributed by atoms with van der Waals surface area (Å²) in [5.74, 6) is -2.48. The minimum absolute atomic E-state index is 0.0142. The highest BCUT2D eigenvalue weighted by molar-refractivity contribution is 5.96. The molecular weight excluding hydrogens is 572 g/mol. The van der Waals surface area contributed by atoms with Gasteiger partial charge in [-0.15, -0.1) is 0 Å². The van der Waals surface area contributed by atoms with Crippen molar-refractivity contribution in [3.63, 3.8) is 0 Å². The lowest BCUT2D eigenvalue weighted by molar-refractivity contribution is -0.155. The van der Waals surface area contributed by atoms with Crippen LogP contribution < -0.4 is 16.0 Å². The molecule has 0 saturated heterocycles. The molecule has 0 saturated carbocycles. The van der Waals surface area contributed by atoms with Gasteiger partial charge in [0.1, 0.15) is 24.2 Å². The quantitative estimate of drug-likeness (QED) is 0.187. The zero-order valence-electron chi connectivity index (χ0n) is 31.0. The number of amides is 5. The van der Waals surface area contributed by atoms with E-state index in [1.54, 1.807) is 28.2 Å². The van der Waals surface area contributed by atoms with Crippen LogP contribution in [0.15, 0.2) is 0 Å². The number of hydrogen-bond acceptors (Lipinski definition) is 6. The molecule has 0 aromatic heterocycles. The summed E-state index contributed by atoms with van der Waals surface area (Å²) in [5, 5.41) is 8.89. The van der Waals surface area contributed by atoms with Gasteiger partial charge in [-0.1, -0.05) is 89.0 Å². The predicted octanol–water partition coefficient (Wildman–Crippen LogP) is 3.13. The van der Waals surface area contributed by atoms with Crippen molar-refractivity contribution >= 4 is 29.5 Å². The third kappa shape index (κ3) is 11.9. The van der Waals surface area contributed by atoms with E-state index in [0.29, 0.717) is 6.54 Å². The fourth-order valence-electron chi connectivity index (χ4n) is 5.98. The van der Waals surface area contributed by atoms with Crippen LogP contribution in [0.2, 0.25) is 0 Å². The number of nitrogens with one attached hydrogen (secondary N) is 3. The number of carbonyl (C=O) groups is 5. The standard InChI is InChI=1S/C34H66N6O5/c1-16-17-18-19-36-31(42)27(22(6)7)38(13)33(44)29(24(10)11)40(15)34(45)28(23(8)9)39(14)32(43)26(21(4)5)37-30(41)25(35-12)20(2)3/h20-29,35H,16-19H2,1-15H3,(H,36,42)(H,37,41)/t25-,26-,27-,28-,29-/m0/s1. The highest BCUT2D eigenvalue weighted by Gasteiger charge is 2.42. The van der Waals surface area contributed by atoms with Gasteiger partial charge in [-0.05, 0) is 43.1 Å². The number of unbranched alkanes of at least 4 members (excludes halogenated alkanes) is 2. The number of hydrogen-bond donors (Lipinski definition) is 3. The van der Waals surface area contributed by atoms with Crippen molar-refractivity contribution in [2.24, 2.45) is 29.6 Å². The van der Waals surface area contributed by atoms with Gasteiger partial charge in [-0.3, -0.25) is 24.0 Å². The molecule has 3 N–H and O–H groups in total. The molecule has 11 nitrogen and oxygen atoms in total. The highest BCUT2D eigenvalue weighted by Crippen LogP contribution is 2.22. The monoisotopic (exact) mass is 639 g/mol. The third-order valence-electron chi connectivity index (χ3n) is 8.53. The predicted molar refractivity (Wildman–Crippen MR) is 181 cm³/mol. The van der Waals surface area contributed by atoms with Crippen molar-refractivity contribution in [3.8, 4) is 0 Å². The summed E-state index contributed by atoms with van der Waals surface area (Å²) in [6.45, 7) is 21.5. The van der Waals surface area contributed by atoms with Crippen LogP contribution in [0, 0.1) is 29.6 Å². The Bertz CT molecular complexity index is 967. The van der Waals surface area contributed by atoms with E-state index in [0.717, 1.165) is 19.3 Å². The van der Waals surface area contributed by atoms with Gasteiger partial charge in [0.25, 0.3) is 0 Å². The topological polar surface area (TPSA) is 131 Å². The van der Waals surface area contributed by atoms with E-state index in [4.69, 9.17) is 0 Å². The Labute approximate surface area is 274 Å². The van der Waals surface area contributed by atoms with E-state index >= 15 is 0 Å². The summed E-state index contributed by atoms with van der Waals surface area (Å²) >= 11 is 0. The first-order valence-electron chi connectivity index (χ1n) is 16.8. The fourth-order valence-corrected chi connectivity index (χ4v) is 5.98.